The topological polar surface area (TPSA) is 42.7 Å². The van der Waals surface area contributed by atoms with E-state index in [1.807, 2.05) is 6.07 Å². The van der Waals surface area contributed by atoms with Gasteiger partial charge in [-0.1, -0.05) is 42.6 Å². The number of hydrogen-bond acceptors (Lipinski definition) is 4. The molecule has 0 saturated heterocycles. The Labute approximate surface area is 163 Å². The van der Waals surface area contributed by atoms with Gasteiger partial charge < -0.3 is 14.1 Å². The molecule has 5 heteroatoms. The summed E-state index contributed by atoms with van der Waals surface area (Å²) in [5.41, 5.74) is 4.34. The fraction of sp³-hybridized carbons (Fsp3) is 0.318. The second-order valence-corrected chi connectivity index (χ2v) is 7.45. The van der Waals surface area contributed by atoms with Crippen molar-refractivity contribution in [3.63, 3.8) is 0 Å². The highest BCUT2D eigenvalue weighted by Crippen LogP contribution is 2.40. The lowest BCUT2D eigenvalue weighted by atomic mass is 10.0. The summed E-state index contributed by atoms with van der Waals surface area (Å²) in [4.78, 5) is 14.3. The second kappa shape index (κ2) is 7.28. The van der Waals surface area contributed by atoms with Crippen molar-refractivity contribution in [3.05, 3.63) is 68.5 Å². The van der Waals surface area contributed by atoms with Crippen molar-refractivity contribution in [1.29, 1.82) is 0 Å². The minimum absolute atomic E-state index is 0.328. The van der Waals surface area contributed by atoms with E-state index in [0.29, 0.717) is 29.6 Å². The van der Waals surface area contributed by atoms with Crippen molar-refractivity contribution in [3.8, 4) is 5.75 Å². The number of aryl methyl sites for hydroxylation is 2. The summed E-state index contributed by atoms with van der Waals surface area (Å²) in [6, 6.07) is 11.7. The van der Waals surface area contributed by atoms with Crippen LogP contribution in [-0.2, 0) is 13.0 Å². The maximum Gasteiger partial charge on any atom is 0.336 e. The number of nitrogens with zero attached hydrogens (tertiary/aromatic N) is 1. The minimum atomic E-state index is -0.328. The van der Waals surface area contributed by atoms with Gasteiger partial charge in [-0.2, -0.15) is 0 Å². The van der Waals surface area contributed by atoms with Gasteiger partial charge in [0.1, 0.15) is 11.3 Å². The number of halogens is 1. The molecule has 4 nitrogen and oxygen atoms in total. The highest BCUT2D eigenvalue weighted by atomic mass is 35.5. The van der Waals surface area contributed by atoms with Gasteiger partial charge in [0, 0.05) is 17.1 Å². The summed E-state index contributed by atoms with van der Waals surface area (Å²) in [5, 5.41) is 1.47. The Kier molecular flexibility index (Phi) is 4.83. The van der Waals surface area contributed by atoms with E-state index in [-0.39, 0.29) is 5.63 Å². The number of ether oxygens (including phenoxy) is 1. The molecule has 0 unspecified atom stereocenters. The molecule has 140 valence electrons. The molecule has 0 radical (unpaired) electrons. The third kappa shape index (κ3) is 3.42. The molecular weight excluding hydrogens is 362 g/mol. The molecule has 0 amide bonds. The standard InChI is InChI=1S/C22H22ClNO3/c1-3-4-5-15-10-20(25)27-21-17(15)11-19(23)22-18(21)12-24(13-26-22)16-8-6-14(2)7-9-16/h6-11H,3-5,12-13H2,1-2H3. The van der Waals surface area contributed by atoms with Gasteiger partial charge in [-0.25, -0.2) is 4.79 Å². The predicted molar refractivity (Wildman–Crippen MR) is 109 cm³/mol. The maximum atomic E-state index is 12.2. The van der Waals surface area contributed by atoms with Crippen LogP contribution in [0.3, 0.4) is 0 Å². The van der Waals surface area contributed by atoms with Crippen molar-refractivity contribution in [2.45, 2.75) is 39.7 Å². The molecule has 3 aromatic rings. The van der Waals surface area contributed by atoms with E-state index in [4.69, 9.17) is 20.8 Å². The van der Waals surface area contributed by atoms with Crippen LogP contribution in [0.25, 0.3) is 11.0 Å². The van der Waals surface area contributed by atoms with Crippen LogP contribution in [0.2, 0.25) is 5.02 Å². The molecule has 2 heterocycles. The zero-order chi connectivity index (χ0) is 19.0. The van der Waals surface area contributed by atoms with Gasteiger partial charge in [-0.15, -0.1) is 0 Å². The van der Waals surface area contributed by atoms with Crippen LogP contribution in [0, 0.1) is 6.92 Å². The van der Waals surface area contributed by atoms with E-state index in [2.05, 4.69) is 43.0 Å². The number of anilines is 1. The molecule has 1 aliphatic rings. The number of unbranched alkanes of at least 4 members (excludes halogenated alkanes) is 1. The summed E-state index contributed by atoms with van der Waals surface area (Å²) in [7, 11) is 0. The molecule has 0 atom stereocenters. The van der Waals surface area contributed by atoms with Gasteiger partial charge in [0.15, 0.2) is 6.73 Å². The van der Waals surface area contributed by atoms with Gasteiger partial charge >= 0.3 is 5.63 Å². The molecule has 1 aromatic heterocycles. The van der Waals surface area contributed by atoms with E-state index in [1.165, 1.54) is 5.56 Å². The summed E-state index contributed by atoms with van der Waals surface area (Å²) in [6.07, 6.45) is 2.90. The third-order valence-electron chi connectivity index (χ3n) is 5.03. The SMILES string of the molecule is CCCCc1cc(=O)oc2c3c(c(Cl)cc12)OCN(c1ccc(C)cc1)C3. The molecule has 0 spiro atoms. The van der Waals surface area contributed by atoms with Crippen LogP contribution in [0.15, 0.2) is 45.6 Å². The summed E-state index contributed by atoms with van der Waals surface area (Å²) in [6.45, 7) is 5.18. The number of benzene rings is 2. The van der Waals surface area contributed by atoms with E-state index in [1.54, 1.807) is 6.07 Å². The number of fused-ring (bicyclic) bond motifs is 3. The van der Waals surface area contributed by atoms with E-state index < -0.39 is 0 Å². The molecule has 0 bridgehead atoms. The van der Waals surface area contributed by atoms with Gasteiger partial charge in [-0.3, -0.25) is 0 Å². The molecule has 4 rings (SSSR count). The molecule has 2 aromatic carbocycles. The first-order valence-corrected chi connectivity index (χ1v) is 9.67. The van der Waals surface area contributed by atoms with Gasteiger partial charge in [0.05, 0.1) is 17.1 Å². The normalized spacial score (nSPS) is 13.5. The largest absolute Gasteiger partial charge is 0.471 e. The fourth-order valence-electron chi connectivity index (χ4n) is 3.55. The molecule has 0 fully saturated rings. The fourth-order valence-corrected chi connectivity index (χ4v) is 3.82. The van der Waals surface area contributed by atoms with Crippen molar-refractivity contribution in [2.24, 2.45) is 0 Å². The average Bonchev–Trinajstić information content (AvgIpc) is 2.67. The summed E-state index contributed by atoms with van der Waals surface area (Å²) in [5.74, 6) is 0.614. The highest BCUT2D eigenvalue weighted by molar-refractivity contribution is 6.33. The van der Waals surface area contributed by atoms with Crippen molar-refractivity contribution >= 4 is 28.3 Å². The lowest BCUT2D eigenvalue weighted by Crippen LogP contribution is -2.32. The zero-order valence-electron chi connectivity index (χ0n) is 15.5. The molecule has 0 N–H and O–H groups in total. The molecule has 0 saturated carbocycles. The zero-order valence-corrected chi connectivity index (χ0v) is 16.3. The lowest BCUT2D eigenvalue weighted by Gasteiger charge is -2.31. The van der Waals surface area contributed by atoms with E-state index >= 15 is 0 Å². The smallest absolute Gasteiger partial charge is 0.336 e. The maximum absolute atomic E-state index is 12.2. The quantitative estimate of drug-likeness (QED) is 0.561. The Balaban J connectivity index is 1.83. The van der Waals surface area contributed by atoms with E-state index in [9.17, 15) is 4.79 Å². The molecular formula is C22H22ClNO3. The van der Waals surface area contributed by atoms with Crippen molar-refractivity contribution in [2.75, 3.05) is 11.6 Å². The first kappa shape index (κ1) is 17.9. The Hall–Kier alpha value is -2.46. The van der Waals surface area contributed by atoms with Gasteiger partial charge in [0.2, 0.25) is 0 Å². The summed E-state index contributed by atoms with van der Waals surface area (Å²) < 4.78 is 11.6. The summed E-state index contributed by atoms with van der Waals surface area (Å²) >= 11 is 6.52. The lowest BCUT2D eigenvalue weighted by molar-refractivity contribution is 0.289. The van der Waals surface area contributed by atoms with Crippen LogP contribution in [0.1, 0.15) is 36.5 Å². The Morgan fingerprint density at radius 3 is 2.70 bits per heavy atom. The van der Waals surface area contributed by atoms with Gasteiger partial charge in [0.25, 0.3) is 0 Å². The van der Waals surface area contributed by atoms with Crippen LogP contribution in [0.4, 0.5) is 5.69 Å². The predicted octanol–water partition coefficient (Wildman–Crippen LogP) is 5.45. The first-order chi connectivity index (χ1) is 13.1. The minimum Gasteiger partial charge on any atom is -0.471 e. The van der Waals surface area contributed by atoms with Gasteiger partial charge in [-0.05, 0) is 43.5 Å². The average molecular weight is 384 g/mol. The molecule has 1 aliphatic heterocycles. The Morgan fingerprint density at radius 2 is 1.96 bits per heavy atom. The molecule has 0 aliphatic carbocycles. The van der Waals surface area contributed by atoms with Crippen molar-refractivity contribution in [1.82, 2.24) is 0 Å². The Bertz CT molecular complexity index is 1040. The van der Waals surface area contributed by atoms with Crippen molar-refractivity contribution < 1.29 is 9.15 Å². The first-order valence-electron chi connectivity index (χ1n) is 9.29. The molecule has 27 heavy (non-hydrogen) atoms. The highest BCUT2D eigenvalue weighted by Gasteiger charge is 2.25. The second-order valence-electron chi connectivity index (χ2n) is 7.04. The Morgan fingerprint density at radius 1 is 1.19 bits per heavy atom. The monoisotopic (exact) mass is 383 g/mol. The number of hydrogen-bond donors (Lipinski definition) is 0. The number of rotatable bonds is 4. The van der Waals surface area contributed by atoms with E-state index in [0.717, 1.165) is 41.5 Å². The third-order valence-corrected chi connectivity index (χ3v) is 5.31. The van der Waals surface area contributed by atoms with Crippen LogP contribution in [0.5, 0.6) is 5.75 Å². The van der Waals surface area contributed by atoms with Crippen LogP contribution < -0.4 is 15.3 Å². The van der Waals surface area contributed by atoms with Crippen LogP contribution in [-0.4, -0.2) is 6.73 Å². The van der Waals surface area contributed by atoms with Crippen LogP contribution >= 0.6 is 11.6 Å².